The van der Waals surface area contributed by atoms with Gasteiger partial charge in [0.1, 0.15) is 5.75 Å². The van der Waals surface area contributed by atoms with Crippen LogP contribution in [0.5, 0.6) is 5.75 Å². The molecule has 1 fully saturated rings. The zero-order valence-electron chi connectivity index (χ0n) is 9.41. The van der Waals surface area contributed by atoms with Gasteiger partial charge in [0.25, 0.3) is 0 Å². The van der Waals surface area contributed by atoms with E-state index in [-0.39, 0.29) is 0 Å². The van der Waals surface area contributed by atoms with Gasteiger partial charge in [0.2, 0.25) is 0 Å². The van der Waals surface area contributed by atoms with Crippen LogP contribution in [0.2, 0.25) is 0 Å². The number of benzene rings is 1. The van der Waals surface area contributed by atoms with Crippen molar-refractivity contribution in [1.82, 2.24) is 10.2 Å². The molecule has 0 bridgehead atoms. The van der Waals surface area contributed by atoms with E-state index in [9.17, 15) is 5.11 Å². The second-order valence-electron chi connectivity index (χ2n) is 4.15. The summed E-state index contributed by atoms with van der Waals surface area (Å²) in [5.74, 6) is 0.383. The second-order valence-corrected chi connectivity index (χ2v) is 5.06. The van der Waals surface area contributed by atoms with Crippen molar-refractivity contribution >= 4 is 15.9 Å². The molecular weight excluding hydrogens is 268 g/mol. The molecule has 0 aromatic heterocycles. The van der Waals surface area contributed by atoms with Gasteiger partial charge < -0.3 is 10.4 Å². The molecule has 0 unspecified atom stereocenters. The molecule has 1 aromatic rings. The SMILES string of the molecule is CCN(Cc1cc(Br)ccc1O)C1CNC1. The number of nitrogens with zero attached hydrogens (tertiary/aromatic N) is 1. The minimum atomic E-state index is 0.383. The van der Waals surface area contributed by atoms with Crippen LogP contribution in [0, 0.1) is 0 Å². The quantitative estimate of drug-likeness (QED) is 0.887. The number of hydrogen-bond donors (Lipinski definition) is 2. The van der Waals surface area contributed by atoms with Crippen molar-refractivity contribution < 1.29 is 5.11 Å². The van der Waals surface area contributed by atoms with Crippen LogP contribution in [-0.4, -0.2) is 35.7 Å². The molecule has 0 radical (unpaired) electrons. The Hall–Kier alpha value is -0.580. The third-order valence-electron chi connectivity index (χ3n) is 3.10. The average Bonchev–Trinajstić information content (AvgIpc) is 2.19. The van der Waals surface area contributed by atoms with Gasteiger partial charge in [-0.1, -0.05) is 22.9 Å². The number of phenolic OH excluding ortho intramolecular Hbond substituents is 1. The Kier molecular flexibility index (Phi) is 3.84. The lowest BCUT2D eigenvalue weighted by Gasteiger charge is -2.37. The summed E-state index contributed by atoms with van der Waals surface area (Å²) >= 11 is 3.43. The van der Waals surface area contributed by atoms with E-state index in [0.717, 1.165) is 36.2 Å². The van der Waals surface area contributed by atoms with E-state index >= 15 is 0 Å². The molecule has 0 saturated carbocycles. The molecule has 3 nitrogen and oxygen atoms in total. The molecule has 1 aliphatic heterocycles. The molecule has 4 heteroatoms. The van der Waals surface area contributed by atoms with E-state index in [2.05, 4.69) is 33.1 Å². The number of likely N-dealkylation sites (N-methyl/N-ethyl adjacent to an activating group) is 1. The summed E-state index contributed by atoms with van der Waals surface area (Å²) < 4.78 is 1.02. The summed E-state index contributed by atoms with van der Waals surface area (Å²) in [7, 11) is 0. The summed E-state index contributed by atoms with van der Waals surface area (Å²) in [5, 5.41) is 13.1. The van der Waals surface area contributed by atoms with E-state index in [1.807, 2.05) is 12.1 Å². The molecule has 0 atom stereocenters. The van der Waals surface area contributed by atoms with Crippen LogP contribution in [0.4, 0.5) is 0 Å². The van der Waals surface area contributed by atoms with Crippen molar-refractivity contribution in [2.24, 2.45) is 0 Å². The lowest BCUT2D eigenvalue weighted by Crippen LogP contribution is -2.56. The first-order chi connectivity index (χ1) is 7.70. The second kappa shape index (κ2) is 5.17. The normalized spacial score (nSPS) is 16.4. The van der Waals surface area contributed by atoms with E-state index in [1.165, 1.54) is 0 Å². The van der Waals surface area contributed by atoms with Gasteiger partial charge in [0.15, 0.2) is 0 Å². The Labute approximate surface area is 105 Å². The fourth-order valence-electron chi connectivity index (χ4n) is 1.93. The molecular formula is C12H17BrN2O. The van der Waals surface area contributed by atoms with Crippen molar-refractivity contribution in [2.75, 3.05) is 19.6 Å². The van der Waals surface area contributed by atoms with Crippen molar-refractivity contribution in [3.05, 3.63) is 28.2 Å². The third-order valence-corrected chi connectivity index (χ3v) is 3.59. The Morgan fingerprint density at radius 3 is 2.81 bits per heavy atom. The Morgan fingerprint density at radius 2 is 2.25 bits per heavy atom. The van der Waals surface area contributed by atoms with E-state index in [0.29, 0.717) is 11.8 Å². The van der Waals surface area contributed by atoms with Gasteiger partial charge in [-0.3, -0.25) is 4.90 Å². The first-order valence-corrected chi connectivity index (χ1v) is 6.42. The van der Waals surface area contributed by atoms with E-state index in [1.54, 1.807) is 6.07 Å². The molecule has 2 N–H and O–H groups in total. The highest BCUT2D eigenvalue weighted by Crippen LogP contribution is 2.24. The van der Waals surface area contributed by atoms with E-state index < -0.39 is 0 Å². The summed E-state index contributed by atoms with van der Waals surface area (Å²) in [6.45, 7) is 6.10. The standard InChI is InChI=1S/C12H17BrN2O/c1-2-15(11-6-14-7-11)8-9-5-10(13)3-4-12(9)16/h3-5,11,14,16H,2,6-8H2,1H3. The van der Waals surface area contributed by atoms with Gasteiger partial charge >= 0.3 is 0 Å². The molecule has 1 saturated heterocycles. The third kappa shape index (κ3) is 2.56. The summed E-state index contributed by atoms with van der Waals surface area (Å²) in [5.41, 5.74) is 0.989. The van der Waals surface area contributed by atoms with Gasteiger partial charge in [0, 0.05) is 35.7 Å². The fourth-order valence-corrected chi connectivity index (χ4v) is 2.34. The maximum Gasteiger partial charge on any atom is 0.120 e. The summed E-state index contributed by atoms with van der Waals surface area (Å²) in [6.07, 6.45) is 0. The van der Waals surface area contributed by atoms with Crippen molar-refractivity contribution in [2.45, 2.75) is 19.5 Å². The zero-order valence-corrected chi connectivity index (χ0v) is 11.0. The lowest BCUT2D eigenvalue weighted by molar-refractivity contribution is 0.144. The van der Waals surface area contributed by atoms with Gasteiger partial charge in [-0.2, -0.15) is 0 Å². The lowest BCUT2D eigenvalue weighted by atomic mass is 10.1. The van der Waals surface area contributed by atoms with Crippen molar-refractivity contribution in [1.29, 1.82) is 0 Å². The molecule has 2 rings (SSSR count). The molecule has 88 valence electrons. The molecule has 1 heterocycles. The number of aromatic hydroxyl groups is 1. The van der Waals surface area contributed by atoms with Gasteiger partial charge in [-0.25, -0.2) is 0 Å². The largest absolute Gasteiger partial charge is 0.508 e. The smallest absolute Gasteiger partial charge is 0.120 e. The molecule has 1 aliphatic rings. The predicted molar refractivity (Wildman–Crippen MR) is 68.5 cm³/mol. The number of halogens is 1. The number of nitrogens with one attached hydrogen (secondary N) is 1. The van der Waals surface area contributed by atoms with Crippen LogP contribution >= 0.6 is 15.9 Å². The summed E-state index contributed by atoms with van der Waals surface area (Å²) in [6, 6.07) is 6.21. The minimum absolute atomic E-state index is 0.383. The molecule has 0 aliphatic carbocycles. The Balaban J connectivity index is 2.08. The topological polar surface area (TPSA) is 35.5 Å². The molecule has 0 spiro atoms. The Bertz CT molecular complexity index is 366. The van der Waals surface area contributed by atoms with Crippen molar-refractivity contribution in [3.63, 3.8) is 0 Å². The molecule has 16 heavy (non-hydrogen) atoms. The van der Waals surface area contributed by atoms with Gasteiger partial charge in [-0.05, 0) is 24.7 Å². The highest BCUT2D eigenvalue weighted by Gasteiger charge is 2.23. The highest BCUT2D eigenvalue weighted by atomic mass is 79.9. The fraction of sp³-hybridized carbons (Fsp3) is 0.500. The van der Waals surface area contributed by atoms with Crippen LogP contribution < -0.4 is 5.32 Å². The Morgan fingerprint density at radius 1 is 1.50 bits per heavy atom. The van der Waals surface area contributed by atoms with Crippen molar-refractivity contribution in [3.8, 4) is 5.75 Å². The van der Waals surface area contributed by atoms with Crippen LogP contribution in [0.25, 0.3) is 0 Å². The van der Waals surface area contributed by atoms with Crippen LogP contribution in [0.1, 0.15) is 12.5 Å². The first kappa shape index (κ1) is 11.9. The maximum absolute atomic E-state index is 9.79. The number of rotatable bonds is 4. The number of hydrogen-bond acceptors (Lipinski definition) is 3. The first-order valence-electron chi connectivity index (χ1n) is 5.63. The van der Waals surface area contributed by atoms with Crippen LogP contribution in [0.3, 0.4) is 0 Å². The number of phenols is 1. The van der Waals surface area contributed by atoms with Crippen LogP contribution in [-0.2, 0) is 6.54 Å². The highest BCUT2D eigenvalue weighted by molar-refractivity contribution is 9.10. The molecule has 0 amide bonds. The zero-order chi connectivity index (χ0) is 11.5. The summed E-state index contributed by atoms with van der Waals surface area (Å²) in [4.78, 5) is 2.39. The minimum Gasteiger partial charge on any atom is -0.508 e. The van der Waals surface area contributed by atoms with Crippen LogP contribution in [0.15, 0.2) is 22.7 Å². The van der Waals surface area contributed by atoms with Gasteiger partial charge in [0.05, 0.1) is 0 Å². The monoisotopic (exact) mass is 284 g/mol. The molecule has 1 aromatic carbocycles. The maximum atomic E-state index is 9.79. The average molecular weight is 285 g/mol. The van der Waals surface area contributed by atoms with Gasteiger partial charge in [-0.15, -0.1) is 0 Å². The predicted octanol–water partition coefficient (Wildman–Crippen LogP) is 1.95. The van der Waals surface area contributed by atoms with E-state index in [4.69, 9.17) is 0 Å².